The van der Waals surface area contributed by atoms with Crippen LogP contribution in [0.15, 0.2) is 89.9 Å². The van der Waals surface area contributed by atoms with Crippen molar-refractivity contribution in [2.75, 3.05) is 0 Å². The highest BCUT2D eigenvalue weighted by atomic mass is 16.5. The summed E-state index contributed by atoms with van der Waals surface area (Å²) in [6.07, 6.45) is 0. The number of fused-ring (bicyclic) bond motifs is 4. The van der Waals surface area contributed by atoms with E-state index in [0.717, 1.165) is 45.2 Å². The van der Waals surface area contributed by atoms with Crippen LogP contribution in [0.3, 0.4) is 0 Å². The topological polar surface area (TPSA) is 40.0 Å². The van der Waals surface area contributed by atoms with Crippen LogP contribution >= 0.6 is 0 Å². The average molecular weight is 471 g/mol. The van der Waals surface area contributed by atoms with Crippen molar-refractivity contribution < 1.29 is 14.2 Å². The summed E-state index contributed by atoms with van der Waals surface area (Å²) >= 11 is 0. The number of ether oxygens (including phenoxy) is 3. The number of para-hydroxylation sites is 2. The molecule has 0 fully saturated rings. The first kappa shape index (κ1) is 21.3. The van der Waals surface area contributed by atoms with Gasteiger partial charge in [0.2, 0.25) is 5.90 Å². The third-order valence-corrected chi connectivity index (χ3v) is 7.96. The normalized spacial score (nSPS) is 17.6. The molecule has 0 spiro atoms. The number of hydrogen-bond donors (Lipinski definition) is 0. The van der Waals surface area contributed by atoms with E-state index in [1.807, 2.05) is 24.3 Å². The van der Waals surface area contributed by atoms with Crippen LogP contribution in [0, 0.1) is 0 Å². The molecule has 5 heteroatoms. The molecule has 3 heterocycles. The molecule has 0 atom stereocenters. The Kier molecular flexibility index (Phi) is 4.30. The molecule has 0 N–H and O–H groups in total. The number of benzene rings is 4. The van der Waals surface area contributed by atoms with Gasteiger partial charge >= 0.3 is 0 Å². The Morgan fingerprint density at radius 3 is 1.67 bits per heavy atom. The fourth-order valence-electron chi connectivity index (χ4n) is 5.27. The molecule has 0 saturated carbocycles. The Labute approximate surface area is 211 Å². The van der Waals surface area contributed by atoms with Crippen molar-refractivity contribution in [2.45, 2.75) is 38.8 Å². The minimum absolute atomic E-state index is 0.0885. The van der Waals surface area contributed by atoms with Gasteiger partial charge in [-0.2, -0.15) is 0 Å². The summed E-state index contributed by atoms with van der Waals surface area (Å²) in [5, 5.41) is 0. The zero-order chi connectivity index (χ0) is 24.7. The molecule has 7 rings (SSSR count). The minimum Gasteiger partial charge on any atom is -0.469 e. The average Bonchev–Trinajstić information content (AvgIpc) is 3.10. The smallest absolute Gasteiger partial charge is 0.260 e. The molecule has 3 aliphatic heterocycles. The second kappa shape index (κ2) is 7.27. The molecular formula is C31H26BNO3. The first-order valence-corrected chi connectivity index (χ1v) is 12.4. The maximum Gasteiger partial charge on any atom is 0.260 e. The maximum absolute atomic E-state index is 6.43. The van der Waals surface area contributed by atoms with Gasteiger partial charge in [-0.05, 0) is 86.1 Å². The van der Waals surface area contributed by atoms with Crippen molar-refractivity contribution in [3.05, 3.63) is 90.5 Å². The Balaban J connectivity index is 1.31. The predicted octanol–water partition coefficient (Wildman–Crippen LogP) is 5.42. The van der Waals surface area contributed by atoms with Crippen LogP contribution in [-0.4, -0.2) is 23.8 Å². The molecule has 176 valence electrons. The molecule has 4 aromatic carbocycles. The lowest BCUT2D eigenvalue weighted by molar-refractivity contribution is 0.0619. The van der Waals surface area contributed by atoms with E-state index in [2.05, 4.69) is 88.4 Å². The van der Waals surface area contributed by atoms with E-state index in [1.165, 1.54) is 10.9 Å². The standard InChI is InChI=1S/C31H26BNO3/c1-30(2)31(3,4)36-29(33-30)20-15-13-19(14-16-20)21-17-26-28-27(18-21)35-25-12-8-6-10-23(25)32(28)22-9-5-7-11-24(22)34-26/h5-18H,1-4H3. The molecule has 0 bridgehead atoms. The predicted molar refractivity (Wildman–Crippen MR) is 145 cm³/mol. The number of hydrogen-bond acceptors (Lipinski definition) is 4. The Hall–Kier alpha value is -3.99. The molecule has 0 radical (unpaired) electrons. The lowest BCUT2D eigenvalue weighted by atomic mass is 9.35. The van der Waals surface area contributed by atoms with Crippen LogP contribution in [-0.2, 0) is 4.74 Å². The zero-order valence-corrected chi connectivity index (χ0v) is 20.8. The summed E-state index contributed by atoms with van der Waals surface area (Å²) in [4.78, 5) is 4.84. The van der Waals surface area contributed by atoms with Gasteiger partial charge in [-0.3, -0.25) is 0 Å². The highest BCUT2D eigenvalue weighted by Crippen LogP contribution is 2.39. The summed E-state index contributed by atoms with van der Waals surface area (Å²) < 4.78 is 19.1. The molecule has 4 nitrogen and oxygen atoms in total. The van der Waals surface area contributed by atoms with E-state index in [1.54, 1.807) is 0 Å². The molecule has 36 heavy (non-hydrogen) atoms. The van der Waals surface area contributed by atoms with Gasteiger partial charge < -0.3 is 14.2 Å². The van der Waals surface area contributed by atoms with Crippen LogP contribution in [0.2, 0.25) is 0 Å². The van der Waals surface area contributed by atoms with Gasteiger partial charge in [0, 0.05) is 11.0 Å². The Morgan fingerprint density at radius 1 is 0.611 bits per heavy atom. The minimum atomic E-state index is -0.347. The molecular weight excluding hydrogens is 445 g/mol. The van der Waals surface area contributed by atoms with E-state index in [4.69, 9.17) is 19.2 Å². The third kappa shape index (κ3) is 3.05. The van der Waals surface area contributed by atoms with Crippen molar-refractivity contribution in [2.24, 2.45) is 4.99 Å². The van der Waals surface area contributed by atoms with Crippen LogP contribution in [0.1, 0.15) is 33.3 Å². The largest absolute Gasteiger partial charge is 0.469 e. The van der Waals surface area contributed by atoms with Crippen molar-refractivity contribution in [1.82, 2.24) is 0 Å². The highest BCUT2D eigenvalue weighted by Gasteiger charge is 2.45. The number of aliphatic imine (C=N–C) groups is 1. The molecule has 4 aromatic rings. The fraction of sp³-hybridized carbons (Fsp3) is 0.194. The SMILES string of the molecule is CC1(C)N=C(c2ccc(-c3cc4c5c(c3)Oc3ccccc3B5c3ccccc3O4)cc2)OC1(C)C. The van der Waals surface area contributed by atoms with Crippen molar-refractivity contribution in [3.8, 4) is 34.1 Å². The molecule has 3 aliphatic rings. The molecule has 0 aromatic heterocycles. The van der Waals surface area contributed by atoms with E-state index in [9.17, 15) is 0 Å². The second-order valence-electron chi connectivity index (χ2n) is 10.8. The molecule has 0 unspecified atom stereocenters. The summed E-state index contributed by atoms with van der Waals surface area (Å²) in [6.45, 7) is 8.47. The van der Waals surface area contributed by atoms with E-state index >= 15 is 0 Å². The first-order valence-electron chi connectivity index (χ1n) is 12.4. The summed E-state index contributed by atoms with van der Waals surface area (Å²) in [7, 11) is 0. The zero-order valence-electron chi connectivity index (χ0n) is 20.8. The van der Waals surface area contributed by atoms with E-state index < -0.39 is 0 Å². The van der Waals surface area contributed by atoms with Gasteiger partial charge in [0.1, 0.15) is 28.6 Å². The highest BCUT2D eigenvalue weighted by molar-refractivity contribution is 6.98. The summed E-state index contributed by atoms with van der Waals surface area (Å²) in [5.74, 6) is 4.17. The maximum atomic E-state index is 6.43. The van der Waals surface area contributed by atoms with Gasteiger partial charge in [0.05, 0.1) is 5.54 Å². The van der Waals surface area contributed by atoms with Gasteiger partial charge in [0.25, 0.3) is 6.71 Å². The summed E-state index contributed by atoms with van der Waals surface area (Å²) in [5.41, 5.74) is 5.90. The number of nitrogens with zero attached hydrogens (tertiary/aromatic N) is 1. The molecule has 0 saturated heterocycles. The van der Waals surface area contributed by atoms with E-state index in [0.29, 0.717) is 5.90 Å². The van der Waals surface area contributed by atoms with Gasteiger partial charge in [0.15, 0.2) is 0 Å². The van der Waals surface area contributed by atoms with Crippen molar-refractivity contribution >= 4 is 29.0 Å². The van der Waals surface area contributed by atoms with Crippen molar-refractivity contribution in [3.63, 3.8) is 0 Å². The Morgan fingerprint density at radius 2 is 1.14 bits per heavy atom. The second-order valence-corrected chi connectivity index (χ2v) is 10.8. The molecule has 0 aliphatic carbocycles. The van der Waals surface area contributed by atoms with Crippen molar-refractivity contribution in [1.29, 1.82) is 0 Å². The lowest BCUT2D eigenvalue weighted by Crippen LogP contribution is -2.57. The Bertz CT molecular complexity index is 1500. The van der Waals surface area contributed by atoms with Crippen LogP contribution in [0.5, 0.6) is 23.0 Å². The monoisotopic (exact) mass is 471 g/mol. The quantitative estimate of drug-likeness (QED) is 0.317. The molecule has 0 amide bonds. The van der Waals surface area contributed by atoms with E-state index in [-0.39, 0.29) is 17.9 Å². The third-order valence-electron chi connectivity index (χ3n) is 7.96. The van der Waals surface area contributed by atoms with Gasteiger partial charge in [-0.1, -0.05) is 48.5 Å². The van der Waals surface area contributed by atoms with Crippen LogP contribution in [0.25, 0.3) is 11.1 Å². The van der Waals surface area contributed by atoms with Crippen LogP contribution < -0.4 is 25.9 Å². The lowest BCUT2D eigenvalue weighted by Gasteiger charge is -2.33. The van der Waals surface area contributed by atoms with Crippen LogP contribution in [0.4, 0.5) is 0 Å². The number of rotatable bonds is 2. The fourth-order valence-corrected chi connectivity index (χ4v) is 5.27. The van der Waals surface area contributed by atoms with Gasteiger partial charge in [-0.25, -0.2) is 4.99 Å². The first-order chi connectivity index (χ1) is 17.3. The summed E-state index contributed by atoms with van der Waals surface area (Å²) in [6, 6.07) is 29.2. The van der Waals surface area contributed by atoms with Gasteiger partial charge in [-0.15, -0.1) is 0 Å².